The van der Waals surface area contributed by atoms with Gasteiger partial charge in [-0.1, -0.05) is 0 Å². The van der Waals surface area contributed by atoms with E-state index in [0.717, 1.165) is 0 Å². The van der Waals surface area contributed by atoms with Crippen molar-refractivity contribution in [2.45, 2.75) is 0 Å². The van der Waals surface area contributed by atoms with Gasteiger partial charge in [-0.25, -0.2) is 0 Å². The number of hydrogen-bond donors (Lipinski definition) is 1. The van der Waals surface area contributed by atoms with E-state index < -0.39 is 0 Å². The second-order valence-electron chi connectivity index (χ2n) is 3.52. The highest BCUT2D eigenvalue weighted by Gasteiger charge is 2.13. The number of pyridine rings is 2. The Bertz CT molecular complexity index is 578. The van der Waals surface area contributed by atoms with E-state index >= 15 is 0 Å². The predicted octanol–water partition coefficient (Wildman–Crippen LogP) is 1.05. The first kappa shape index (κ1) is 11.1. The van der Waals surface area contributed by atoms with E-state index in [9.17, 15) is 9.59 Å². The second kappa shape index (κ2) is 4.61. The van der Waals surface area contributed by atoms with Gasteiger partial charge in [-0.3, -0.25) is 14.6 Å². The van der Waals surface area contributed by atoms with Gasteiger partial charge in [0.15, 0.2) is 0 Å². The van der Waals surface area contributed by atoms with Gasteiger partial charge < -0.3 is 9.88 Å². The lowest BCUT2D eigenvalue weighted by atomic mass is 10.2. The van der Waals surface area contributed by atoms with Crippen molar-refractivity contribution >= 4 is 11.6 Å². The summed E-state index contributed by atoms with van der Waals surface area (Å²) in [6.45, 7) is 0. The van der Waals surface area contributed by atoms with Crippen LogP contribution in [-0.4, -0.2) is 22.9 Å². The number of aromatic amines is 1. The van der Waals surface area contributed by atoms with E-state index in [1.807, 2.05) is 0 Å². The molecular weight excluding hydrogens is 218 g/mol. The van der Waals surface area contributed by atoms with Crippen LogP contribution in [0.1, 0.15) is 10.4 Å². The Morgan fingerprint density at radius 1 is 1.41 bits per heavy atom. The quantitative estimate of drug-likeness (QED) is 0.836. The van der Waals surface area contributed by atoms with Crippen LogP contribution in [0.25, 0.3) is 0 Å². The zero-order valence-electron chi connectivity index (χ0n) is 9.25. The summed E-state index contributed by atoms with van der Waals surface area (Å²) >= 11 is 0. The van der Waals surface area contributed by atoms with Gasteiger partial charge in [-0.05, 0) is 18.2 Å². The van der Waals surface area contributed by atoms with Crippen molar-refractivity contribution < 1.29 is 4.79 Å². The molecule has 0 saturated heterocycles. The molecule has 1 N–H and O–H groups in total. The smallest absolute Gasteiger partial charge is 0.258 e. The van der Waals surface area contributed by atoms with Gasteiger partial charge in [0, 0.05) is 31.1 Å². The summed E-state index contributed by atoms with van der Waals surface area (Å²) in [5.41, 5.74) is 0.730. The number of amides is 1. The van der Waals surface area contributed by atoms with Crippen LogP contribution >= 0.6 is 0 Å². The molecule has 2 aromatic heterocycles. The number of rotatable bonds is 2. The molecular formula is C12H11N3O2. The summed E-state index contributed by atoms with van der Waals surface area (Å²) in [6.07, 6.45) is 4.67. The summed E-state index contributed by atoms with van der Waals surface area (Å²) in [5.74, 6) is -0.246. The molecule has 0 unspecified atom stereocenters. The molecule has 2 aromatic rings. The highest BCUT2D eigenvalue weighted by Crippen LogP contribution is 2.12. The summed E-state index contributed by atoms with van der Waals surface area (Å²) in [4.78, 5) is 31.0. The molecule has 0 aliphatic rings. The molecule has 5 heteroatoms. The third-order valence-electron chi connectivity index (χ3n) is 2.36. The Hall–Kier alpha value is -2.43. The van der Waals surface area contributed by atoms with Gasteiger partial charge in [0.2, 0.25) is 5.56 Å². The first-order chi connectivity index (χ1) is 8.18. The number of nitrogens with zero attached hydrogens (tertiary/aromatic N) is 2. The molecule has 17 heavy (non-hydrogen) atoms. The van der Waals surface area contributed by atoms with E-state index in [1.54, 1.807) is 37.6 Å². The number of nitrogens with one attached hydrogen (secondary N) is 1. The van der Waals surface area contributed by atoms with Crippen molar-refractivity contribution in [3.63, 3.8) is 0 Å². The monoisotopic (exact) mass is 229 g/mol. The van der Waals surface area contributed by atoms with Crippen molar-refractivity contribution in [1.82, 2.24) is 9.97 Å². The van der Waals surface area contributed by atoms with Gasteiger partial charge in [-0.2, -0.15) is 0 Å². The van der Waals surface area contributed by atoms with Crippen molar-refractivity contribution in [3.05, 3.63) is 58.8 Å². The normalized spacial score (nSPS) is 9.94. The topological polar surface area (TPSA) is 66.1 Å². The minimum Gasteiger partial charge on any atom is -0.329 e. The molecule has 0 aromatic carbocycles. The Labute approximate surface area is 97.7 Å². The minimum atomic E-state index is -0.296. The molecule has 0 fully saturated rings. The van der Waals surface area contributed by atoms with Crippen LogP contribution in [0.2, 0.25) is 0 Å². The van der Waals surface area contributed by atoms with Crippen LogP contribution in [0.15, 0.2) is 47.7 Å². The molecule has 1 amide bonds. The third kappa shape index (κ3) is 2.39. The Balaban J connectivity index is 2.30. The highest BCUT2D eigenvalue weighted by molar-refractivity contribution is 6.05. The van der Waals surface area contributed by atoms with E-state index in [1.165, 1.54) is 17.2 Å². The maximum atomic E-state index is 12.0. The fourth-order valence-electron chi connectivity index (χ4n) is 1.44. The SMILES string of the molecule is CN(C(=O)c1cc[nH]c(=O)c1)c1cccnc1. The largest absolute Gasteiger partial charge is 0.329 e. The summed E-state index contributed by atoms with van der Waals surface area (Å²) in [5, 5.41) is 0. The first-order valence-corrected chi connectivity index (χ1v) is 5.05. The van der Waals surface area contributed by atoms with Crippen LogP contribution < -0.4 is 10.5 Å². The van der Waals surface area contributed by atoms with Gasteiger partial charge in [-0.15, -0.1) is 0 Å². The first-order valence-electron chi connectivity index (χ1n) is 5.05. The van der Waals surface area contributed by atoms with Crippen LogP contribution in [0.3, 0.4) is 0 Å². The van der Waals surface area contributed by atoms with Crippen LogP contribution in [0, 0.1) is 0 Å². The summed E-state index contributed by atoms with van der Waals surface area (Å²) in [6, 6.07) is 6.36. The van der Waals surface area contributed by atoms with Gasteiger partial charge in [0.1, 0.15) is 0 Å². The molecule has 2 heterocycles. The average Bonchev–Trinajstić information content (AvgIpc) is 2.38. The minimum absolute atomic E-state index is 0.246. The predicted molar refractivity (Wildman–Crippen MR) is 64.0 cm³/mol. The lowest BCUT2D eigenvalue weighted by Crippen LogP contribution is -2.27. The number of carbonyl (C=O) groups is 1. The third-order valence-corrected chi connectivity index (χ3v) is 2.36. The standard InChI is InChI=1S/C12H11N3O2/c1-15(10-3-2-5-13-8-10)12(17)9-4-6-14-11(16)7-9/h2-8H,1H3,(H,14,16). The number of aromatic nitrogens is 2. The molecule has 0 aliphatic carbocycles. The van der Waals surface area contributed by atoms with Crippen LogP contribution in [0.5, 0.6) is 0 Å². The van der Waals surface area contributed by atoms with Gasteiger partial charge in [0.25, 0.3) is 5.91 Å². The van der Waals surface area contributed by atoms with Crippen molar-refractivity contribution in [1.29, 1.82) is 0 Å². The van der Waals surface area contributed by atoms with Crippen molar-refractivity contribution in [2.24, 2.45) is 0 Å². The fourth-order valence-corrected chi connectivity index (χ4v) is 1.44. The van der Waals surface area contributed by atoms with Gasteiger partial charge in [0.05, 0.1) is 11.9 Å². The van der Waals surface area contributed by atoms with Crippen LogP contribution in [0.4, 0.5) is 5.69 Å². The fraction of sp³-hybridized carbons (Fsp3) is 0.0833. The number of H-pyrrole nitrogens is 1. The zero-order valence-corrected chi connectivity index (χ0v) is 9.25. The summed E-state index contributed by atoms with van der Waals surface area (Å²) in [7, 11) is 1.64. The molecule has 5 nitrogen and oxygen atoms in total. The van der Waals surface area contributed by atoms with E-state index in [2.05, 4.69) is 9.97 Å². The Morgan fingerprint density at radius 2 is 2.24 bits per heavy atom. The molecule has 2 rings (SSSR count). The maximum Gasteiger partial charge on any atom is 0.258 e. The lowest BCUT2D eigenvalue weighted by molar-refractivity contribution is 0.0992. The number of carbonyl (C=O) groups excluding carboxylic acids is 1. The maximum absolute atomic E-state index is 12.0. The Morgan fingerprint density at radius 3 is 2.88 bits per heavy atom. The van der Waals surface area contributed by atoms with Gasteiger partial charge >= 0.3 is 0 Å². The molecule has 0 aliphatic heterocycles. The lowest BCUT2D eigenvalue weighted by Gasteiger charge is -2.16. The molecule has 86 valence electrons. The van der Waals surface area contributed by atoms with E-state index in [4.69, 9.17) is 0 Å². The van der Waals surface area contributed by atoms with Crippen molar-refractivity contribution in [2.75, 3.05) is 11.9 Å². The Kier molecular flexibility index (Phi) is 3.00. The molecule has 0 atom stereocenters. The molecule has 0 spiro atoms. The number of hydrogen-bond acceptors (Lipinski definition) is 3. The molecule has 0 radical (unpaired) electrons. The molecule has 0 bridgehead atoms. The zero-order chi connectivity index (χ0) is 12.3. The summed E-state index contributed by atoms with van der Waals surface area (Å²) < 4.78 is 0. The highest BCUT2D eigenvalue weighted by atomic mass is 16.2. The van der Waals surface area contributed by atoms with E-state index in [-0.39, 0.29) is 11.5 Å². The second-order valence-corrected chi connectivity index (χ2v) is 3.52. The molecule has 0 saturated carbocycles. The van der Waals surface area contributed by atoms with Crippen LogP contribution in [-0.2, 0) is 0 Å². The van der Waals surface area contributed by atoms with E-state index in [0.29, 0.717) is 11.3 Å². The number of anilines is 1. The average molecular weight is 229 g/mol. The van der Waals surface area contributed by atoms with Crippen molar-refractivity contribution in [3.8, 4) is 0 Å².